The van der Waals surface area contributed by atoms with Gasteiger partial charge < -0.3 is 15.4 Å². The van der Waals surface area contributed by atoms with Gasteiger partial charge in [0.1, 0.15) is 5.75 Å². The molecular formula is C25H25BrN2O2. The zero-order chi connectivity index (χ0) is 21.3. The molecule has 4 nitrogen and oxygen atoms in total. The number of aromatic hydroxyl groups is 1. The van der Waals surface area contributed by atoms with Gasteiger partial charge >= 0.3 is 0 Å². The van der Waals surface area contributed by atoms with E-state index < -0.39 is 5.91 Å². The maximum Gasteiger partial charge on any atom is 0.249 e. The molecule has 0 bridgehead atoms. The van der Waals surface area contributed by atoms with Gasteiger partial charge in [-0.1, -0.05) is 53.9 Å². The number of rotatable bonds is 7. The zero-order valence-corrected chi connectivity index (χ0v) is 18.6. The predicted molar refractivity (Wildman–Crippen MR) is 126 cm³/mol. The fourth-order valence-corrected chi connectivity index (χ4v) is 4.66. The second-order valence-electron chi connectivity index (χ2n) is 7.75. The van der Waals surface area contributed by atoms with Crippen molar-refractivity contribution in [1.29, 1.82) is 0 Å². The number of carbonyl (C=O) groups excluding carboxylic acids is 1. The standard InChI is InChI=1S/C25H25BrN2O2/c1-2-3-4-7-16-13-21-24(22(29)14-16)23-19(25(27)30)10-6-11-20(23)28(21)15-17-8-5-9-18(26)12-17/h5-6,8-14,29H,2-4,7,15H2,1H3,(H2,27,30). The number of halogens is 1. The topological polar surface area (TPSA) is 68.2 Å². The minimum absolute atomic E-state index is 0.200. The molecule has 0 atom stereocenters. The normalized spacial score (nSPS) is 11.4. The van der Waals surface area contributed by atoms with E-state index in [1.54, 1.807) is 6.07 Å². The molecule has 1 aromatic heterocycles. The molecule has 0 saturated carbocycles. The lowest BCUT2D eigenvalue weighted by Gasteiger charge is -2.10. The van der Waals surface area contributed by atoms with Crippen molar-refractivity contribution in [3.8, 4) is 5.75 Å². The van der Waals surface area contributed by atoms with Crippen molar-refractivity contribution in [1.82, 2.24) is 4.57 Å². The zero-order valence-electron chi connectivity index (χ0n) is 17.0. The van der Waals surface area contributed by atoms with Crippen molar-refractivity contribution in [3.05, 3.63) is 75.8 Å². The first-order valence-electron chi connectivity index (χ1n) is 10.3. The van der Waals surface area contributed by atoms with Crippen LogP contribution in [-0.2, 0) is 13.0 Å². The molecular weight excluding hydrogens is 440 g/mol. The van der Waals surface area contributed by atoms with Gasteiger partial charge in [-0.15, -0.1) is 0 Å². The molecule has 0 unspecified atom stereocenters. The number of phenols is 1. The average Bonchev–Trinajstić information content (AvgIpc) is 3.02. The van der Waals surface area contributed by atoms with Crippen LogP contribution >= 0.6 is 15.9 Å². The molecule has 4 rings (SSSR count). The summed E-state index contributed by atoms with van der Waals surface area (Å²) in [6.07, 6.45) is 4.31. The smallest absolute Gasteiger partial charge is 0.249 e. The second-order valence-corrected chi connectivity index (χ2v) is 8.66. The third kappa shape index (κ3) is 3.82. The van der Waals surface area contributed by atoms with Crippen LogP contribution in [0.5, 0.6) is 5.75 Å². The van der Waals surface area contributed by atoms with Gasteiger partial charge in [-0.25, -0.2) is 0 Å². The van der Waals surface area contributed by atoms with Crippen LogP contribution in [0.15, 0.2) is 59.1 Å². The number of hydrogen-bond donors (Lipinski definition) is 2. The number of nitrogens with zero attached hydrogens (tertiary/aromatic N) is 1. The van der Waals surface area contributed by atoms with Crippen molar-refractivity contribution in [2.45, 2.75) is 39.2 Å². The summed E-state index contributed by atoms with van der Waals surface area (Å²) in [4.78, 5) is 12.1. The first kappa shape index (κ1) is 20.5. The SMILES string of the molecule is CCCCCc1cc(O)c2c3c(C(N)=O)cccc3n(Cc3cccc(Br)c3)c2c1. The molecule has 0 saturated heterocycles. The Bertz CT molecular complexity index is 1240. The summed E-state index contributed by atoms with van der Waals surface area (Å²) in [6.45, 7) is 2.81. The minimum atomic E-state index is -0.492. The first-order valence-corrected chi connectivity index (χ1v) is 11.1. The van der Waals surface area contributed by atoms with E-state index in [4.69, 9.17) is 5.73 Å². The van der Waals surface area contributed by atoms with Crippen LogP contribution in [0.4, 0.5) is 0 Å². The monoisotopic (exact) mass is 464 g/mol. The quantitative estimate of drug-likeness (QED) is 0.322. The summed E-state index contributed by atoms with van der Waals surface area (Å²) in [5.74, 6) is -0.292. The summed E-state index contributed by atoms with van der Waals surface area (Å²) >= 11 is 3.54. The maximum absolute atomic E-state index is 12.1. The average molecular weight is 465 g/mol. The molecule has 1 amide bonds. The van der Waals surface area contributed by atoms with Crippen LogP contribution in [0.1, 0.15) is 47.7 Å². The van der Waals surface area contributed by atoms with E-state index in [0.29, 0.717) is 22.9 Å². The van der Waals surface area contributed by atoms with Crippen LogP contribution in [0.25, 0.3) is 21.8 Å². The van der Waals surface area contributed by atoms with Gasteiger partial charge in [0.05, 0.1) is 16.4 Å². The highest BCUT2D eigenvalue weighted by Gasteiger charge is 2.20. The molecule has 4 aromatic rings. The van der Waals surface area contributed by atoms with Gasteiger partial charge in [0.15, 0.2) is 0 Å². The Morgan fingerprint density at radius 3 is 2.53 bits per heavy atom. The Labute approximate surface area is 184 Å². The highest BCUT2D eigenvalue weighted by Crippen LogP contribution is 2.38. The number of carbonyl (C=O) groups is 1. The number of fused-ring (bicyclic) bond motifs is 3. The second kappa shape index (κ2) is 8.52. The van der Waals surface area contributed by atoms with Crippen molar-refractivity contribution < 1.29 is 9.90 Å². The van der Waals surface area contributed by atoms with Crippen molar-refractivity contribution in [2.24, 2.45) is 5.73 Å². The summed E-state index contributed by atoms with van der Waals surface area (Å²) < 4.78 is 3.18. The van der Waals surface area contributed by atoms with Gasteiger partial charge in [-0.3, -0.25) is 4.79 Å². The van der Waals surface area contributed by atoms with E-state index in [-0.39, 0.29) is 5.75 Å². The number of amides is 1. The number of benzene rings is 3. The number of nitrogens with two attached hydrogens (primary N) is 1. The molecule has 5 heteroatoms. The largest absolute Gasteiger partial charge is 0.507 e. The Hall–Kier alpha value is -2.79. The lowest BCUT2D eigenvalue weighted by atomic mass is 10.0. The third-order valence-corrected chi connectivity index (χ3v) is 6.09. The molecule has 0 aliphatic heterocycles. The minimum Gasteiger partial charge on any atom is -0.507 e. The molecule has 0 aliphatic carbocycles. The summed E-state index contributed by atoms with van der Waals surface area (Å²) in [5.41, 5.74) is 10.2. The van der Waals surface area contributed by atoms with Gasteiger partial charge in [0.25, 0.3) is 0 Å². The molecule has 3 N–H and O–H groups in total. The summed E-state index contributed by atoms with van der Waals surface area (Å²) in [5, 5.41) is 12.4. The van der Waals surface area contributed by atoms with E-state index >= 15 is 0 Å². The van der Waals surface area contributed by atoms with Crippen LogP contribution in [-0.4, -0.2) is 15.6 Å². The van der Waals surface area contributed by atoms with Crippen molar-refractivity contribution in [3.63, 3.8) is 0 Å². The lowest BCUT2D eigenvalue weighted by molar-refractivity contribution is 0.100. The number of aromatic nitrogens is 1. The lowest BCUT2D eigenvalue weighted by Crippen LogP contribution is -2.11. The van der Waals surface area contributed by atoms with Crippen LogP contribution in [0, 0.1) is 0 Å². The molecule has 0 radical (unpaired) electrons. The molecule has 3 aromatic carbocycles. The number of phenolic OH excluding ortho intramolecular Hbond substituents is 1. The van der Waals surface area contributed by atoms with Crippen LogP contribution in [0.3, 0.4) is 0 Å². The molecule has 0 aliphatic rings. The fourth-order valence-electron chi connectivity index (χ4n) is 4.21. The van der Waals surface area contributed by atoms with Gasteiger partial charge in [0.2, 0.25) is 5.91 Å². The molecule has 154 valence electrons. The number of aryl methyl sites for hydroxylation is 1. The van der Waals surface area contributed by atoms with Crippen LogP contribution in [0.2, 0.25) is 0 Å². The summed E-state index contributed by atoms with van der Waals surface area (Å²) in [6, 6.07) is 17.7. The van der Waals surface area contributed by atoms with E-state index in [0.717, 1.165) is 52.3 Å². The van der Waals surface area contributed by atoms with E-state index in [1.165, 1.54) is 0 Å². The van der Waals surface area contributed by atoms with Gasteiger partial charge in [0, 0.05) is 22.0 Å². The molecule has 0 fully saturated rings. The Kier molecular flexibility index (Phi) is 5.82. The van der Waals surface area contributed by atoms with Crippen molar-refractivity contribution in [2.75, 3.05) is 0 Å². The van der Waals surface area contributed by atoms with E-state index in [1.807, 2.05) is 30.3 Å². The first-order chi connectivity index (χ1) is 14.5. The maximum atomic E-state index is 12.1. The van der Waals surface area contributed by atoms with E-state index in [9.17, 15) is 9.90 Å². The molecule has 30 heavy (non-hydrogen) atoms. The molecule has 1 heterocycles. The Balaban J connectivity index is 1.98. The van der Waals surface area contributed by atoms with Crippen LogP contribution < -0.4 is 5.73 Å². The summed E-state index contributed by atoms with van der Waals surface area (Å²) in [7, 11) is 0. The number of hydrogen-bond acceptors (Lipinski definition) is 2. The van der Waals surface area contributed by atoms with Gasteiger partial charge in [-0.2, -0.15) is 0 Å². The number of primary amides is 1. The van der Waals surface area contributed by atoms with Gasteiger partial charge in [-0.05, 0) is 60.4 Å². The Morgan fingerprint density at radius 2 is 1.80 bits per heavy atom. The molecule has 0 spiro atoms. The van der Waals surface area contributed by atoms with E-state index in [2.05, 4.69) is 45.6 Å². The van der Waals surface area contributed by atoms with Crippen molar-refractivity contribution >= 4 is 43.6 Å². The fraction of sp³-hybridized carbons (Fsp3) is 0.240. The predicted octanol–water partition coefficient (Wildman–Crippen LogP) is 6.14. The third-order valence-electron chi connectivity index (χ3n) is 5.59. The Morgan fingerprint density at radius 1 is 1.00 bits per heavy atom. The highest BCUT2D eigenvalue weighted by molar-refractivity contribution is 9.10. The number of unbranched alkanes of at least 4 members (excludes halogenated alkanes) is 2. The highest BCUT2D eigenvalue weighted by atomic mass is 79.9.